The molecule has 4 nitrogen and oxygen atoms in total. The van der Waals surface area contributed by atoms with Gasteiger partial charge in [0.05, 0.1) is 5.69 Å². The number of carbonyl (C=O) groups excluding carboxylic acids is 1. The van der Waals surface area contributed by atoms with Crippen LogP contribution in [0, 0.1) is 5.41 Å². The predicted molar refractivity (Wildman–Crippen MR) is 104 cm³/mol. The van der Waals surface area contributed by atoms with E-state index in [9.17, 15) is 4.79 Å². The minimum Gasteiger partial charge on any atom is -0.347 e. The molecule has 5 heteroatoms. The molecule has 4 rings (SSSR count). The predicted octanol–water partition coefficient (Wildman–Crippen LogP) is 3.92. The first-order valence-corrected chi connectivity index (χ1v) is 9.50. The van der Waals surface area contributed by atoms with Gasteiger partial charge in [0, 0.05) is 17.6 Å². The Morgan fingerprint density at radius 3 is 2.62 bits per heavy atom. The molecule has 0 aliphatic carbocycles. The summed E-state index contributed by atoms with van der Waals surface area (Å²) in [5, 5.41) is 11.5. The average molecular weight is 363 g/mol. The summed E-state index contributed by atoms with van der Waals surface area (Å²) >= 11 is 1.26. The van der Waals surface area contributed by atoms with Crippen LogP contribution in [0.5, 0.6) is 0 Å². The van der Waals surface area contributed by atoms with Gasteiger partial charge in [-0.3, -0.25) is 10.2 Å². The number of benzene rings is 2. The standard InChI is InChI=1S/C21H21N3OS/c1-21(2)12-15-10-6-7-11-16(15)17-18(26-20(22)24(17)21)19(25)23-13-14-8-4-3-5-9-14/h3-11,22H,12-13H2,1-2H3,(H,23,25). The Hall–Kier alpha value is -2.66. The third-order valence-corrected chi connectivity index (χ3v) is 5.80. The molecule has 2 heterocycles. The lowest BCUT2D eigenvalue weighted by Gasteiger charge is -2.34. The lowest BCUT2D eigenvalue weighted by molar-refractivity contribution is 0.0955. The summed E-state index contributed by atoms with van der Waals surface area (Å²) in [5.41, 5.74) is 4.00. The van der Waals surface area contributed by atoms with Crippen LogP contribution in [-0.2, 0) is 18.5 Å². The van der Waals surface area contributed by atoms with Crippen LogP contribution in [0.4, 0.5) is 0 Å². The van der Waals surface area contributed by atoms with E-state index in [2.05, 4.69) is 31.3 Å². The Labute approximate surface area is 156 Å². The van der Waals surface area contributed by atoms with Crippen molar-refractivity contribution in [3.05, 3.63) is 75.4 Å². The highest BCUT2D eigenvalue weighted by Crippen LogP contribution is 2.39. The fraction of sp³-hybridized carbons (Fsp3) is 0.238. The molecular weight excluding hydrogens is 342 g/mol. The Kier molecular flexibility index (Phi) is 4.04. The second kappa shape index (κ2) is 6.25. The molecule has 0 spiro atoms. The maximum Gasteiger partial charge on any atom is 0.263 e. The van der Waals surface area contributed by atoms with Crippen LogP contribution in [0.1, 0.15) is 34.6 Å². The molecule has 1 aliphatic heterocycles. The highest BCUT2D eigenvalue weighted by atomic mass is 32.1. The average Bonchev–Trinajstić information content (AvgIpc) is 2.99. The number of hydrogen-bond acceptors (Lipinski definition) is 3. The van der Waals surface area contributed by atoms with Gasteiger partial charge in [-0.2, -0.15) is 0 Å². The molecule has 0 saturated heterocycles. The van der Waals surface area contributed by atoms with Gasteiger partial charge in [0.15, 0.2) is 4.80 Å². The minimum atomic E-state index is -0.227. The largest absolute Gasteiger partial charge is 0.347 e. The van der Waals surface area contributed by atoms with Crippen molar-refractivity contribution < 1.29 is 4.79 Å². The molecule has 0 fully saturated rings. The van der Waals surface area contributed by atoms with Gasteiger partial charge in [-0.25, -0.2) is 0 Å². The van der Waals surface area contributed by atoms with Gasteiger partial charge in [-0.15, -0.1) is 0 Å². The van der Waals surface area contributed by atoms with Crippen LogP contribution in [0.15, 0.2) is 54.6 Å². The molecule has 26 heavy (non-hydrogen) atoms. The van der Waals surface area contributed by atoms with E-state index in [4.69, 9.17) is 5.41 Å². The molecule has 1 amide bonds. The Balaban J connectivity index is 1.75. The third-order valence-electron chi connectivity index (χ3n) is 4.84. The number of rotatable bonds is 3. The first-order chi connectivity index (χ1) is 12.5. The molecule has 2 aromatic carbocycles. The van der Waals surface area contributed by atoms with Crippen LogP contribution >= 0.6 is 11.3 Å². The van der Waals surface area contributed by atoms with Gasteiger partial charge in [-0.1, -0.05) is 65.9 Å². The van der Waals surface area contributed by atoms with Gasteiger partial charge in [0.1, 0.15) is 4.88 Å². The highest BCUT2D eigenvalue weighted by Gasteiger charge is 2.35. The molecule has 0 saturated carbocycles. The number of thiazole rings is 1. The van der Waals surface area contributed by atoms with Crippen molar-refractivity contribution in [2.75, 3.05) is 0 Å². The zero-order chi connectivity index (χ0) is 18.3. The van der Waals surface area contributed by atoms with E-state index in [1.165, 1.54) is 16.9 Å². The molecule has 132 valence electrons. The SMILES string of the molecule is CC1(C)Cc2ccccc2-c2c(C(=O)NCc3ccccc3)sc(=N)n21. The fourth-order valence-electron chi connectivity index (χ4n) is 3.68. The molecular formula is C21H21N3OS. The Morgan fingerprint density at radius 1 is 1.15 bits per heavy atom. The van der Waals surface area contributed by atoms with Crippen molar-refractivity contribution in [2.24, 2.45) is 0 Å². The topological polar surface area (TPSA) is 57.9 Å². The van der Waals surface area contributed by atoms with Gasteiger partial charge in [-0.05, 0) is 31.4 Å². The van der Waals surface area contributed by atoms with Crippen LogP contribution < -0.4 is 10.1 Å². The van der Waals surface area contributed by atoms with Gasteiger partial charge < -0.3 is 9.88 Å². The van der Waals surface area contributed by atoms with Crippen molar-refractivity contribution in [1.82, 2.24) is 9.88 Å². The van der Waals surface area contributed by atoms with Crippen molar-refractivity contribution in [3.8, 4) is 11.3 Å². The summed E-state index contributed by atoms with van der Waals surface area (Å²) in [6.07, 6.45) is 0.856. The molecule has 3 aromatic rings. The van der Waals surface area contributed by atoms with Crippen molar-refractivity contribution in [1.29, 1.82) is 5.41 Å². The number of nitrogens with zero attached hydrogens (tertiary/aromatic N) is 1. The summed E-state index contributed by atoms with van der Waals surface area (Å²) in [6, 6.07) is 18.1. The van der Waals surface area contributed by atoms with Gasteiger partial charge in [0.2, 0.25) is 0 Å². The third kappa shape index (κ3) is 2.78. The zero-order valence-electron chi connectivity index (χ0n) is 14.9. The molecule has 0 unspecified atom stereocenters. The normalized spacial score (nSPS) is 14.4. The van der Waals surface area contributed by atoms with E-state index in [1.54, 1.807) is 0 Å². The summed E-state index contributed by atoms with van der Waals surface area (Å²) in [6.45, 7) is 4.74. The monoisotopic (exact) mass is 363 g/mol. The second-order valence-corrected chi connectivity index (χ2v) is 8.23. The first kappa shape index (κ1) is 16.8. The van der Waals surface area contributed by atoms with Gasteiger partial charge in [0.25, 0.3) is 5.91 Å². The van der Waals surface area contributed by atoms with Crippen molar-refractivity contribution >= 4 is 17.2 Å². The lowest BCUT2D eigenvalue weighted by atomic mass is 9.86. The molecule has 0 radical (unpaired) electrons. The van der Waals surface area contributed by atoms with E-state index in [1.807, 2.05) is 47.0 Å². The first-order valence-electron chi connectivity index (χ1n) is 8.69. The Morgan fingerprint density at radius 2 is 1.85 bits per heavy atom. The Bertz CT molecular complexity index is 1030. The van der Waals surface area contributed by atoms with Crippen LogP contribution in [0.25, 0.3) is 11.3 Å². The van der Waals surface area contributed by atoms with E-state index < -0.39 is 0 Å². The summed E-state index contributed by atoms with van der Waals surface area (Å²) in [5.74, 6) is -0.117. The van der Waals surface area contributed by atoms with Gasteiger partial charge >= 0.3 is 0 Å². The van der Waals surface area contributed by atoms with Crippen molar-refractivity contribution in [3.63, 3.8) is 0 Å². The van der Waals surface area contributed by atoms with E-state index in [0.29, 0.717) is 16.2 Å². The fourth-order valence-corrected chi connectivity index (χ4v) is 4.76. The number of hydrogen-bond donors (Lipinski definition) is 2. The van der Waals surface area contributed by atoms with Crippen LogP contribution in [0.3, 0.4) is 0 Å². The van der Waals surface area contributed by atoms with Crippen LogP contribution in [0.2, 0.25) is 0 Å². The maximum atomic E-state index is 12.9. The number of fused-ring (bicyclic) bond motifs is 3. The summed E-state index contributed by atoms with van der Waals surface area (Å²) in [7, 11) is 0. The zero-order valence-corrected chi connectivity index (χ0v) is 15.7. The summed E-state index contributed by atoms with van der Waals surface area (Å²) in [4.78, 5) is 14.0. The smallest absolute Gasteiger partial charge is 0.263 e. The summed E-state index contributed by atoms with van der Waals surface area (Å²) < 4.78 is 2.01. The lowest BCUT2D eigenvalue weighted by Crippen LogP contribution is -2.39. The van der Waals surface area contributed by atoms with Crippen molar-refractivity contribution in [2.45, 2.75) is 32.4 Å². The molecule has 0 bridgehead atoms. The molecule has 2 N–H and O–H groups in total. The van der Waals surface area contributed by atoms with E-state index in [0.717, 1.165) is 23.2 Å². The second-order valence-electron chi connectivity index (χ2n) is 7.23. The maximum absolute atomic E-state index is 12.9. The number of carbonyl (C=O) groups is 1. The van der Waals surface area contributed by atoms with E-state index in [-0.39, 0.29) is 11.4 Å². The molecule has 1 aliphatic rings. The number of amides is 1. The quantitative estimate of drug-likeness (QED) is 0.728. The highest BCUT2D eigenvalue weighted by molar-refractivity contribution is 7.11. The minimum absolute atomic E-state index is 0.117. The molecule has 1 aromatic heterocycles. The van der Waals surface area contributed by atoms with Crippen LogP contribution in [-0.4, -0.2) is 10.5 Å². The number of nitrogens with one attached hydrogen (secondary N) is 2. The molecule has 0 atom stereocenters. The van der Waals surface area contributed by atoms with E-state index >= 15 is 0 Å². The number of aromatic nitrogens is 1.